The number of carboxylic acids is 1. The maximum atomic E-state index is 10.8. The number of rotatable bonds is 5. The van der Waals surface area contributed by atoms with Crippen LogP contribution >= 0.6 is 0 Å². The van der Waals surface area contributed by atoms with E-state index in [-0.39, 0.29) is 18.7 Å². The fourth-order valence-electron chi connectivity index (χ4n) is 1.82. The summed E-state index contributed by atoms with van der Waals surface area (Å²) < 4.78 is 0. The van der Waals surface area contributed by atoms with E-state index >= 15 is 0 Å². The molecule has 8 heteroatoms. The van der Waals surface area contributed by atoms with Gasteiger partial charge in [-0.2, -0.15) is 0 Å². The Hall–Kier alpha value is -2.77. The molecule has 0 aliphatic rings. The second-order valence-electron chi connectivity index (χ2n) is 4.22. The first-order valence-corrected chi connectivity index (χ1v) is 5.81. The van der Waals surface area contributed by atoms with Gasteiger partial charge in [0.2, 0.25) is 0 Å². The topological polar surface area (TPSA) is 109 Å². The largest absolute Gasteiger partial charge is 0.481 e. The number of hydrogen-bond acceptors (Lipinski definition) is 6. The molecule has 0 bridgehead atoms. The molecule has 2 rings (SSSR count). The Balaban J connectivity index is 2.43. The van der Waals surface area contributed by atoms with Gasteiger partial charge < -0.3 is 10.0 Å². The first-order chi connectivity index (χ1) is 9.49. The highest BCUT2D eigenvalue weighted by Gasteiger charge is 2.13. The Morgan fingerprint density at radius 1 is 1.45 bits per heavy atom. The van der Waals surface area contributed by atoms with Gasteiger partial charge in [-0.3, -0.25) is 14.9 Å². The SMILES string of the molecule is CN(CCC(=O)O)c1ncnc2ccc([N+](=O)[O-])cc12. The van der Waals surface area contributed by atoms with Crippen LogP contribution in [0.15, 0.2) is 24.5 Å². The van der Waals surface area contributed by atoms with Crippen molar-refractivity contribution in [2.75, 3.05) is 18.5 Å². The zero-order valence-corrected chi connectivity index (χ0v) is 10.7. The monoisotopic (exact) mass is 276 g/mol. The van der Waals surface area contributed by atoms with E-state index in [2.05, 4.69) is 9.97 Å². The molecule has 0 aliphatic carbocycles. The predicted octanol–water partition coefficient (Wildman–Crippen LogP) is 1.45. The number of nitro groups is 1. The minimum Gasteiger partial charge on any atom is -0.481 e. The van der Waals surface area contributed by atoms with E-state index < -0.39 is 10.9 Å². The number of carbonyl (C=O) groups is 1. The zero-order chi connectivity index (χ0) is 14.7. The Kier molecular flexibility index (Phi) is 3.74. The van der Waals surface area contributed by atoms with Crippen LogP contribution < -0.4 is 4.90 Å². The summed E-state index contributed by atoms with van der Waals surface area (Å²) in [5.74, 6) is -0.443. The summed E-state index contributed by atoms with van der Waals surface area (Å²) in [7, 11) is 1.68. The van der Waals surface area contributed by atoms with Gasteiger partial charge in [0.1, 0.15) is 12.1 Å². The number of carboxylic acid groups (broad SMARTS) is 1. The van der Waals surface area contributed by atoms with Crippen molar-refractivity contribution in [3.8, 4) is 0 Å². The molecule has 0 spiro atoms. The summed E-state index contributed by atoms with van der Waals surface area (Å²) in [5, 5.41) is 20.0. The number of nitrogens with zero attached hydrogens (tertiary/aromatic N) is 4. The lowest BCUT2D eigenvalue weighted by Gasteiger charge is -2.18. The molecular weight excluding hydrogens is 264 g/mol. The third-order valence-electron chi connectivity index (χ3n) is 2.83. The van der Waals surface area contributed by atoms with Crippen LogP contribution in [0.5, 0.6) is 0 Å². The molecule has 0 radical (unpaired) electrons. The number of aliphatic carboxylic acids is 1. The van der Waals surface area contributed by atoms with E-state index in [0.29, 0.717) is 16.7 Å². The molecule has 2 aromatic rings. The lowest BCUT2D eigenvalue weighted by molar-refractivity contribution is -0.384. The molecule has 0 saturated heterocycles. The Morgan fingerprint density at radius 2 is 2.20 bits per heavy atom. The molecule has 1 heterocycles. The van der Waals surface area contributed by atoms with Crippen molar-refractivity contribution in [2.45, 2.75) is 6.42 Å². The van der Waals surface area contributed by atoms with Crippen molar-refractivity contribution in [2.24, 2.45) is 0 Å². The van der Waals surface area contributed by atoms with Crippen molar-refractivity contribution in [3.63, 3.8) is 0 Å². The second-order valence-corrected chi connectivity index (χ2v) is 4.22. The quantitative estimate of drug-likeness (QED) is 0.650. The van der Waals surface area contributed by atoms with Crippen molar-refractivity contribution >= 4 is 28.4 Å². The molecule has 1 N–H and O–H groups in total. The van der Waals surface area contributed by atoms with Crippen LogP contribution in [0.4, 0.5) is 11.5 Å². The van der Waals surface area contributed by atoms with Crippen LogP contribution in [0.25, 0.3) is 10.9 Å². The van der Waals surface area contributed by atoms with E-state index in [0.717, 1.165) is 0 Å². The standard InChI is InChI=1S/C12H12N4O4/c1-15(5-4-11(17)18)12-9-6-8(16(19)20)2-3-10(9)13-7-14-12/h2-3,6-7H,4-5H2,1H3,(H,17,18). The molecule has 104 valence electrons. The Labute approximate surface area is 113 Å². The summed E-state index contributed by atoms with van der Waals surface area (Å²) >= 11 is 0. The molecule has 1 aromatic heterocycles. The summed E-state index contributed by atoms with van der Waals surface area (Å²) in [5.41, 5.74) is 0.517. The van der Waals surface area contributed by atoms with Gasteiger partial charge in [0.15, 0.2) is 0 Å². The molecule has 0 amide bonds. The van der Waals surface area contributed by atoms with Crippen molar-refractivity contribution in [3.05, 3.63) is 34.6 Å². The lowest BCUT2D eigenvalue weighted by Crippen LogP contribution is -2.22. The average Bonchev–Trinajstić information content (AvgIpc) is 2.43. The maximum Gasteiger partial charge on any atom is 0.305 e. The molecule has 0 atom stereocenters. The van der Waals surface area contributed by atoms with E-state index in [1.165, 1.54) is 18.5 Å². The van der Waals surface area contributed by atoms with Crippen molar-refractivity contribution in [1.82, 2.24) is 9.97 Å². The van der Waals surface area contributed by atoms with Gasteiger partial charge in [-0.05, 0) is 6.07 Å². The zero-order valence-electron chi connectivity index (χ0n) is 10.7. The van der Waals surface area contributed by atoms with Gasteiger partial charge >= 0.3 is 5.97 Å². The minimum absolute atomic E-state index is 0.0447. The van der Waals surface area contributed by atoms with E-state index in [1.54, 1.807) is 18.0 Å². The van der Waals surface area contributed by atoms with Gasteiger partial charge in [0.05, 0.1) is 16.9 Å². The molecule has 1 aromatic carbocycles. The van der Waals surface area contributed by atoms with E-state index in [4.69, 9.17) is 5.11 Å². The summed E-state index contributed by atoms with van der Waals surface area (Å²) in [6.07, 6.45) is 1.30. The predicted molar refractivity (Wildman–Crippen MR) is 71.7 cm³/mol. The Morgan fingerprint density at radius 3 is 2.85 bits per heavy atom. The normalized spacial score (nSPS) is 10.4. The van der Waals surface area contributed by atoms with Gasteiger partial charge in [-0.1, -0.05) is 0 Å². The summed E-state index contributed by atoms with van der Waals surface area (Å²) in [6.45, 7) is 0.254. The summed E-state index contributed by atoms with van der Waals surface area (Å²) in [6, 6.07) is 4.31. The lowest BCUT2D eigenvalue weighted by atomic mass is 10.2. The first-order valence-electron chi connectivity index (χ1n) is 5.81. The van der Waals surface area contributed by atoms with Crippen molar-refractivity contribution in [1.29, 1.82) is 0 Å². The fraction of sp³-hybridized carbons (Fsp3) is 0.250. The van der Waals surface area contributed by atoms with Crippen LogP contribution in [0.3, 0.4) is 0 Å². The highest BCUT2D eigenvalue weighted by Crippen LogP contribution is 2.26. The third kappa shape index (κ3) is 2.79. The first kappa shape index (κ1) is 13.7. The Bertz CT molecular complexity index is 674. The highest BCUT2D eigenvalue weighted by atomic mass is 16.6. The van der Waals surface area contributed by atoms with Gasteiger partial charge in [0.25, 0.3) is 5.69 Å². The fourth-order valence-corrected chi connectivity index (χ4v) is 1.82. The average molecular weight is 276 g/mol. The van der Waals surface area contributed by atoms with Gasteiger partial charge in [0, 0.05) is 31.1 Å². The van der Waals surface area contributed by atoms with Gasteiger partial charge in [-0.25, -0.2) is 9.97 Å². The van der Waals surface area contributed by atoms with Crippen LogP contribution in [-0.2, 0) is 4.79 Å². The van der Waals surface area contributed by atoms with Crippen molar-refractivity contribution < 1.29 is 14.8 Å². The third-order valence-corrected chi connectivity index (χ3v) is 2.83. The molecule has 0 saturated carbocycles. The van der Waals surface area contributed by atoms with Crippen LogP contribution in [0, 0.1) is 10.1 Å². The number of aromatic nitrogens is 2. The van der Waals surface area contributed by atoms with Crippen LogP contribution in [0.2, 0.25) is 0 Å². The number of nitro benzene ring substituents is 1. The number of non-ortho nitro benzene ring substituents is 1. The second kappa shape index (κ2) is 5.47. The smallest absolute Gasteiger partial charge is 0.305 e. The molecular formula is C12H12N4O4. The minimum atomic E-state index is -0.916. The molecule has 8 nitrogen and oxygen atoms in total. The van der Waals surface area contributed by atoms with E-state index in [9.17, 15) is 14.9 Å². The molecule has 0 unspecified atom stereocenters. The molecule has 0 aliphatic heterocycles. The van der Waals surface area contributed by atoms with Crippen LogP contribution in [-0.4, -0.2) is 39.6 Å². The van der Waals surface area contributed by atoms with Crippen LogP contribution in [0.1, 0.15) is 6.42 Å². The highest BCUT2D eigenvalue weighted by molar-refractivity contribution is 5.91. The number of anilines is 1. The molecule has 0 fully saturated rings. The van der Waals surface area contributed by atoms with E-state index in [1.807, 2.05) is 0 Å². The number of hydrogen-bond donors (Lipinski definition) is 1. The number of benzene rings is 1. The summed E-state index contributed by atoms with van der Waals surface area (Å²) in [4.78, 5) is 30.7. The molecule has 20 heavy (non-hydrogen) atoms. The number of fused-ring (bicyclic) bond motifs is 1. The maximum absolute atomic E-state index is 10.8. The van der Waals surface area contributed by atoms with Gasteiger partial charge in [-0.15, -0.1) is 0 Å².